The maximum atomic E-state index is 13.3. The van der Waals surface area contributed by atoms with E-state index >= 15 is 0 Å². The lowest BCUT2D eigenvalue weighted by Gasteiger charge is -2.23. The molecule has 2 aromatic rings. The van der Waals surface area contributed by atoms with Gasteiger partial charge in [0.2, 0.25) is 11.8 Å². The lowest BCUT2D eigenvalue weighted by atomic mass is 9.98. The van der Waals surface area contributed by atoms with Gasteiger partial charge in [-0.2, -0.15) is 0 Å². The number of hydrogen-bond donors (Lipinski definition) is 3. The quantitative estimate of drug-likeness (QED) is 0.142. The van der Waals surface area contributed by atoms with Crippen LogP contribution in [0.15, 0.2) is 86.0 Å². The van der Waals surface area contributed by atoms with Crippen LogP contribution in [-0.4, -0.2) is 48.2 Å². The lowest BCUT2D eigenvalue weighted by molar-refractivity contribution is -0.145. The van der Waals surface area contributed by atoms with Crippen LogP contribution in [0.5, 0.6) is 0 Å². The van der Waals surface area contributed by atoms with Gasteiger partial charge < -0.3 is 20.5 Å². The van der Waals surface area contributed by atoms with Gasteiger partial charge in [0.1, 0.15) is 6.61 Å². The molecule has 0 fully saturated rings. The van der Waals surface area contributed by atoms with Crippen LogP contribution in [0.1, 0.15) is 49.7 Å². The van der Waals surface area contributed by atoms with E-state index in [-0.39, 0.29) is 37.4 Å². The number of esters is 1. The molecule has 0 spiro atoms. The van der Waals surface area contributed by atoms with Crippen molar-refractivity contribution < 1.29 is 24.2 Å². The van der Waals surface area contributed by atoms with Crippen LogP contribution < -0.4 is 10.6 Å². The van der Waals surface area contributed by atoms with E-state index in [0.29, 0.717) is 25.7 Å². The molecular formula is C32H42N2O5. The molecule has 2 amide bonds. The van der Waals surface area contributed by atoms with Gasteiger partial charge in [-0.25, -0.2) is 0 Å². The van der Waals surface area contributed by atoms with E-state index in [1.165, 1.54) is 0 Å². The Morgan fingerprint density at radius 3 is 2.03 bits per heavy atom. The number of unbranched alkanes of at least 4 members (excludes halogenated alkanes) is 2. The van der Waals surface area contributed by atoms with E-state index < -0.39 is 18.0 Å². The third-order valence-corrected chi connectivity index (χ3v) is 6.32. The standard InChI is InChI=1S/C32H42N2O5/c1-3-5-6-13-19-31(37)39-24-29(21-26-17-11-8-12-18-26)34-32(38)27(14-4-2)22-30(36)33-28(23-35)20-25-15-9-7-10-16-25/h3-4,7-12,15-18,27-29,35H,1-2,5-6,13-14,19-24H2,(H,33,36)(H,34,38)/t27-,28+,29+/m1/s1. The van der Waals surface area contributed by atoms with E-state index in [1.54, 1.807) is 6.08 Å². The smallest absolute Gasteiger partial charge is 0.305 e. The van der Waals surface area contributed by atoms with Gasteiger partial charge in [0.05, 0.1) is 24.6 Å². The summed E-state index contributed by atoms with van der Waals surface area (Å²) in [6.07, 6.45) is 7.41. The van der Waals surface area contributed by atoms with Crippen molar-refractivity contribution in [2.75, 3.05) is 13.2 Å². The number of nitrogens with one attached hydrogen (secondary N) is 2. The second-order valence-electron chi connectivity index (χ2n) is 9.67. The number of carbonyl (C=O) groups is 3. The summed E-state index contributed by atoms with van der Waals surface area (Å²) in [5.74, 6) is -1.58. The number of aliphatic hydroxyl groups excluding tert-OH is 1. The minimum Gasteiger partial charge on any atom is -0.463 e. The molecular weight excluding hydrogens is 492 g/mol. The molecule has 0 aromatic heterocycles. The fourth-order valence-electron chi connectivity index (χ4n) is 4.25. The Kier molecular flexibility index (Phi) is 15.0. The number of allylic oxidation sites excluding steroid dienone is 2. The van der Waals surface area contributed by atoms with Crippen LogP contribution in [0.25, 0.3) is 0 Å². The van der Waals surface area contributed by atoms with Gasteiger partial charge in [0, 0.05) is 12.8 Å². The molecule has 0 unspecified atom stereocenters. The largest absolute Gasteiger partial charge is 0.463 e. The zero-order valence-corrected chi connectivity index (χ0v) is 22.7. The molecule has 2 rings (SSSR count). The fourth-order valence-corrected chi connectivity index (χ4v) is 4.25. The Morgan fingerprint density at radius 1 is 0.846 bits per heavy atom. The minimum atomic E-state index is -0.647. The molecule has 39 heavy (non-hydrogen) atoms. The second-order valence-corrected chi connectivity index (χ2v) is 9.67. The summed E-state index contributed by atoms with van der Waals surface area (Å²) in [5, 5.41) is 15.6. The maximum Gasteiger partial charge on any atom is 0.305 e. The average Bonchev–Trinajstić information content (AvgIpc) is 2.94. The van der Waals surface area contributed by atoms with Gasteiger partial charge in [-0.3, -0.25) is 14.4 Å². The van der Waals surface area contributed by atoms with Crippen molar-refractivity contribution in [1.29, 1.82) is 0 Å². The van der Waals surface area contributed by atoms with Gasteiger partial charge in [0.25, 0.3) is 0 Å². The summed E-state index contributed by atoms with van der Waals surface area (Å²) in [6, 6.07) is 18.3. The number of carbonyl (C=O) groups excluding carboxylic acids is 3. The lowest BCUT2D eigenvalue weighted by Crippen LogP contribution is -2.45. The second kappa shape index (κ2) is 18.5. The molecule has 0 aliphatic carbocycles. The van der Waals surface area contributed by atoms with E-state index in [2.05, 4.69) is 23.8 Å². The Morgan fingerprint density at radius 2 is 1.46 bits per heavy atom. The Bertz CT molecular complexity index is 1030. The molecule has 0 saturated carbocycles. The molecule has 2 aromatic carbocycles. The highest BCUT2D eigenvalue weighted by Gasteiger charge is 2.25. The zero-order valence-electron chi connectivity index (χ0n) is 22.7. The molecule has 3 atom stereocenters. The molecule has 0 saturated heterocycles. The first kappa shape index (κ1) is 31.5. The van der Waals surface area contributed by atoms with E-state index in [4.69, 9.17) is 4.74 Å². The SMILES string of the molecule is C=CCCCCC(=O)OC[C@H](Cc1ccccc1)NC(=O)[C@H](CC=C)CC(=O)N[C@H](CO)Cc1ccccc1. The van der Waals surface area contributed by atoms with Crippen LogP contribution in [0, 0.1) is 5.92 Å². The molecule has 7 nitrogen and oxygen atoms in total. The Hall–Kier alpha value is -3.71. The molecule has 0 bridgehead atoms. The monoisotopic (exact) mass is 534 g/mol. The van der Waals surface area contributed by atoms with Crippen LogP contribution >= 0.6 is 0 Å². The number of rotatable bonds is 19. The average molecular weight is 535 g/mol. The van der Waals surface area contributed by atoms with Crippen LogP contribution in [0.4, 0.5) is 0 Å². The van der Waals surface area contributed by atoms with Crippen molar-refractivity contribution in [2.24, 2.45) is 5.92 Å². The highest BCUT2D eigenvalue weighted by molar-refractivity contribution is 5.86. The molecule has 0 heterocycles. The summed E-state index contributed by atoms with van der Waals surface area (Å²) >= 11 is 0. The van der Waals surface area contributed by atoms with E-state index in [1.807, 2.05) is 66.7 Å². The molecule has 0 aliphatic rings. The van der Waals surface area contributed by atoms with Gasteiger partial charge in [-0.15, -0.1) is 13.2 Å². The van der Waals surface area contributed by atoms with Crippen molar-refractivity contribution in [1.82, 2.24) is 10.6 Å². The van der Waals surface area contributed by atoms with E-state index in [9.17, 15) is 19.5 Å². The summed E-state index contributed by atoms with van der Waals surface area (Å²) < 4.78 is 5.50. The predicted molar refractivity (Wildman–Crippen MR) is 154 cm³/mol. The molecule has 210 valence electrons. The first-order valence-electron chi connectivity index (χ1n) is 13.6. The predicted octanol–water partition coefficient (Wildman–Crippen LogP) is 4.31. The topological polar surface area (TPSA) is 105 Å². The number of benzene rings is 2. The molecule has 3 N–H and O–H groups in total. The van der Waals surface area contributed by atoms with Crippen molar-refractivity contribution in [3.63, 3.8) is 0 Å². The summed E-state index contributed by atoms with van der Waals surface area (Å²) in [4.78, 5) is 38.3. The van der Waals surface area contributed by atoms with Crippen LogP contribution in [0.3, 0.4) is 0 Å². The molecule has 7 heteroatoms. The van der Waals surface area contributed by atoms with Gasteiger partial charge >= 0.3 is 5.97 Å². The van der Waals surface area contributed by atoms with Gasteiger partial charge in [-0.05, 0) is 49.7 Å². The van der Waals surface area contributed by atoms with Crippen molar-refractivity contribution in [2.45, 2.75) is 63.5 Å². The maximum absolute atomic E-state index is 13.3. The minimum absolute atomic E-state index is 0.0393. The number of amides is 2. The highest BCUT2D eigenvalue weighted by atomic mass is 16.5. The summed E-state index contributed by atoms with van der Waals surface area (Å²) in [7, 11) is 0. The normalized spacial score (nSPS) is 12.9. The number of hydrogen-bond acceptors (Lipinski definition) is 5. The van der Waals surface area contributed by atoms with Crippen LogP contribution in [-0.2, 0) is 32.0 Å². The summed E-state index contributed by atoms with van der Waals surface area (Å²) in [6.45, 7) is 7.26. The fraction of sp³-hybridized carbons (Fsp3) is 0.406. The Labute approximate surface area is 232 Å². The van der Waals surface area contributed by atoms with Gasteiger partial charge in [0.15, 0.2) is 0 Å². The highest BCUT2D eigenvalue weighted by Crippen LogP contribution is 2.13. The number of ether oxygens (including phenoxy) is 1. The third-order valence-electron chi connectivity index (χ3n) is 6.32. The van der Waals surface area contributed by atoms with Crippen molar-refractivity contribution in [3.8, 4) is 0 Å². The van der Waals surface area contributed by atoms with Crippen molar-refractivity contribution in [3.05, 3.63) is 97.1 Å². The number of aliphatic hydroxyl groups is 1. The summed E-state index contributed by atoms with van der Waals surface area (Å²) in [5.41, 5.74) is 1.99. The first-order valence-corrected chi connectivity index (χ1v) is 13.6. The molecule has 0 aliphatic heterocycles. The van der Waals surface area contributed by atoms with E-state index in [0.717, 1.165) is 30.4 Å². The van der Waals surface area contributed by atoms with Crippen molar-refractivity contribution >= 4 is 17.8 Å². The first-order chi connectivity index (χ1) is 18.9. The molecule has 0 radical (unpaired) electrons. The van der Waals surface area contributed by atoms with Gasteiger partial charge in [-0.1, -0.05) is 72.8 Å². The Balaban J connectivity index is 1.98. The van der Waals surface area contributed by atoms with Crippen LogP contribution in [0.2, 0.25) is 0 Å². The zero-order chi connectivity index (χ0) is 28.3. The third kappa shape index (κ3) is 13.1.